The number of piperazine rings is 1. The summed E-state index contributed by atoms with van der Waals surface area (Å²) in [5.74, 6) is -2.52. The molecule has 1 amide bonds. The van der Waals surface area contributed by atoms with Gasteiger partial charge in [0, 0.05) is 51.4 Å². The fraction of sp³-hybridized carbons (Fsp3) is 0.241. The second kappa shape index (κ2) is 13.0. The molecule has 0 spiro atoms. The molecule has 2 aromatic carbocycles. The molecule has 0 unspecified atom stereocenters. The normalized spacial score (nSPS) is 13.3. The Morgan fingerprint density at radius 2 is 1.58 bits per heavy atom. The first-order valence-corrected chi connectivity index (χ1v) is 13.0. The third kappa shape index (κ3) is 7.05. The molecule has 3 heterocycles. The lowest BCUT2D eigenvalue weighted by Crippen LogP contribution is -2.53. The number of nitrogens with zero attached hydrogens (tertiary/aromatic N) is 4. The lowest BCUT2D eigenvalue weighted by molar-refractivity contribution is -0.159. The average molecular weight is 593 g/mol. The quantitative estimate of drug-likeness (QED) is 0.301. The maximum Gasteiger partial charge on any atom is 0.414 e. The SMILES string of the molecule is Cn1c(N2CCN(CCOc3ccc4oc(-c5ccccc5)cc(=O)c4c3)CC2=O)cc(=O)n(C)c1=O.O=C(O)C(=O)O. The van der Waals surface area contributed by atoms with Crippen molar-refractivity contribution in [2.75, 3.05) is 37.7 Å². The van der Waals surface area contributed by atoms with Gasteiger partial charge in [-0.15, -0.1) is 0 Å². The number of hydrogen-bond acceptors (Lipinski definition) is 9. The molecule has 0 saturated carbocycles. The number of aromatic nitrogens is 2. The number of fused-ring (bicyclic) bond motifs is 1. The van der Waals surface area contributed by atoms with Crippen LogP contribution in [0.5, 0.6) is 5.75 Å². The number of benzene rings is 2. The Balaban J connectivity index is 0.000000641. The van der Waals surface area contributed by atoms with Gasteiger partial charge in [0.2, 0.25) is 5.91 Å². The minimum Gasteiger partial charge on any atom is -0.492 e. The number of anilines is 1. The molecule has 224 valence electrons. The third-order valence-electron chi connectivity index (χ3n) is 6.69. The summed E-state index contributed by atoms with van der Waals surface area (Å²) in [7, 11) is 2.94. The molecule has 0 atom stereocenters. The Morgan fingerprint density at radius 1 is 0.884 bits per heavy atom. The molecule has 0 aliphatic carbocycles. The number of rotatable bonds is 6. The van der Waals surface area contributed by atoms with Crippen LogP contribution in [0.4, 0.5) is 5.82 Å². The van der Waals surface area contributed by atoms with E-state index in [1.807, 2.05) is 35.2 Å². The predicted octanol–water partition coefficient (Wildman–Crippen LogP) is 0.741. The number of carbonyl (C=O) groups is 3. The zero-order chi connectivity index (χ0) is 31.3. The van der Waals surface area contributed by atoms with E-state index in [0.717, 1.165) is 10.1 Å². The van der Waals surface area contributed by atoms with Gasteiger partial charge in [0.25, 0.3) is 5.56 Å². The summed E-state index contributed by atoms with van der Waals surface area (Å²) in [6, 6.07) is 17.3. The Morgan fingerprint density at radius 3 is 2.23 bits per heavy atom. The van der Waals surface area contributed by atoms with Gasteiger partial charge in [0.05, 0.1) is 11.9 Å². The number of aliphatic carboxylic acids is 2. The molecule has 5 rings (SSSR count). The molecule has 4 aromatic rings. The van der Waals surface area contributed by atoms with Gasteiger partial charge in [-0.05, 0) is 18.2 Å². The first kappa shape index (κ1) is 30.5. The largest absolute Gasteiger partial charge is 0.492 e. The summed E-state index contributed by atoms with van der Waals surface area (Å²) < 4.78 is 14.1. The smallest absolute Gasteiger partial charge is 0.414 e. The molecular formula is C29H28N4O10. The number of carbonyl (C=O) groups excluding carboxylic acids is 1. The number of hydrogen-bond donors (Lipinski definition) is 2. The summed E-state index contributed by atoms with van der Waals surface area (Å²) in [5, 5.41) is 15.2. The number of carboxylic acids is 2. The summed E-state index contributed by atoms with van der Waals surface area (Å²) in [5.41, 5.74) is 0.214. The van der Waals surface area contributed by atoms with Crippen molar-refractivity contribution in [2.24, 2.45) is 14.1 Å². The number of carboxylic acid groups (broad SMARTS) is 2. The van der Waals surface area contributed by atoms with Crippen LogP contribution in [0.2, 0.25) is 0 Å². The molecular weight excluding hydrogens is 564 g/mol. The van der Waals surface area contributed by atoms with Crippen molar-refractivity contribution in [3.8, 4) is 17.1 Å². The van der Waals surface area contributed by atoms with Gasteiger partial charge in [-0.25, -0.2) is 14.4 Å². The van der Waals surface area contributed by atoms with E-state index in [1.165, 1.54) is 35.7 Å². The van der Waals surface area contributed by atoms with Crippen molar-refractivity contribution in [2.45, 2.75) is 0 Å². The third-order valence-corrected chi connectivity index (χ3v) is 6.69. The van der Waals surface area contributed by atoms with Crippen LogP contribution in [0, 0.1) is 0 Å². The second-order valence-electron chi connectivity index (χ2n) is 9.52. The molecule has 0 bridgehead atoms. The zero-order valence-electron chi connectivity index (χ0n) is 23.3. The molecule has 2 N–H and O–H groups in total. The first-order chi connectivity index (χ1) is 20.5. The summed E-state index contributed by atoms with van der Waals surface area (Å²) in [4.78, 5) is 71.4. The molecule has 1 aliphatic heterocycles. The van der Waals surface area contributed by atoms with Crippen LogP contribution in [0.3, 0.4) is 0 Å². The molecule has 14 heteroatoms. The van der Waals surface area contributed by atoms with E-state index in [2.05, 4.69) is 0 Å². The Kier molecular flexibility index (Phi) is 9.20. The highest BCUT2D eigenvalue weighted by Gasteiger charge is 2.27. The van der Waals surface area contributed by atoms with Crippen molar-refractivity contribution in [1.29, 1.82) is 0 Å². The van der Waals surface area contributed by atoms with Crippen molar-refractivity contribution >= 4 is 34.6 Å². The van der Waals surface area contributed by atoms with Gasteiger partial charge in [-0.3, -0.25) is 33.3 Å². The maximum absolute atomic E-state index is 12.8. The molecule has 0 radical (unpaired) electrons. The molecule has 1 fully saturated rings. The molecule has 1 aliphatic rings. The summed E-state index contributed by atoms with van der Waals surface area (Å²) >= 11 is 0. The maximum atomic E-state index is 12.8. The molecule has 1 saturated heterocycles. The van der Waals surface area contributed by atoms with E-state index >= 15 is 0 Å². The van der Waals surface area contributed by atoms with E-state index in [1.54, 1.807) is 18.2 Å². The zero-order valence-corrected chi connectivity index (χ0v) is 23.3. The van der Waals surface area contributed by atoms with Crippen LogP contribution in [0.1, 0.15) is 0 Å². The highest BCUT2D eigenvalue weighted by atomic mass is 16.5. The number of ether oxygens (including phenoxy) is 1. The van der Waals surface area contributed by atoms with Crippen LogP contribution >= 0.6 is 0 Å². The van der Waals surface area contributed by atoms with Gasteiger partial charge < -0.3 is 19.4 Å². The van der Waals surface area contributed by atoms with Crippen molar-refractivity contribution in [3.63, 3.8) is 0 Å². The van der Waals surface area contributed by atoms with E-state index in [-0.39, 0.29) is 17.9 Å². The van der Waals surface area contributed by atoms with Crippen molar-refractivity contribution in [1.82, 2.24) is 14.0 Å². The molecule has 2 aromatic heterocycles. The summed E-state index contributed by atoms with van der Waals surface area (Å²) in [6.07, 6.45) is 0. The topological polar surface area (TPSA) is 182 Å². The van der Waals surface area contributed by atoms with Crippen molar-refractivity contribution in [3.05, 3.63) is 91.7 Å². The summed E-state index contributed by atoms with van der Waals surface area (Å²) in [6.45, 7) is 1.85. The molecule has 43 heavy (non-hydrogen) atoms. The van der Waals surface area contributed by atoms with Gasteiger partial charge in [0.1, 0.15) is 29.5 Å². The minimum atomic E-state index is -1.82. The van der Waals surface area contributed by atoms with Crippen LogP contribution in [-0.2, 0) is 28.5 Å². The van der Waals surface area contributed by atoms with E-state index < -0.39 is 23.2 Å². The number of amides is 1. The van der Waals surface area contributed by atoms with Crippen molar-refractivity contribution < 1.29 is 33.8 Å². The lowest BCUT2D eigenvalue weighted by atomic mass is 10.1. The van der Waals surface area contributed by atoms with Gasteiger partial charge >= 0.3 is 17.6 Å². The Bertz CT molecular complexity index is 1850. The fourth-order valence-corrected chi connectivity index (χ4v) is 4.40. The molecule has 14 nitrogen and oxygen atoms in total. The Labute approximate surface area is 243 Å². The Hall–Kier alpha value is -5.50. The predicted molar refractivity (Wildman–Crippen MR) is 154 cm³/mol. The highest BCUT2D eigenvalue weighted by molar-refractivity contribution is 6.27. The van der Waals surface area contributed by atoms with Gasteiger partial charge in [-0.1, -0.05) is 30.3 Å². The van der Waals surface area contributed by atoms with Gasteiger partial charge in [-0.2, -0.15) is 0 Å². The minimum absolute atomic E-state index is 0.135. The van der Waals surface area contributed by atoms with Crippen LogP contribution in [-0.4, -0.2) is 74.9 Å². The van der Waals surface area contributed by atoms with E-state index in [4.69, 9.17) is 29.0 Å². The fourth-order valence-electron chi connectivity index (χ4n) is 4.40. The van der Waals surface area contributed by atoms with Crippen LogP contribution < -0.4 is 26.3 Å². The second-order valence-corrected chi connectivity index (χ2v) is 9.52. The first-order valence-electron chi connectivity index (χ1n) is 13.0. The van der Waals surface area contributed by atoms with Gasteiger partial charge in [0.15, 0.2) is 5.43 Å². The monoisotopic (exact) mass is 592 g/mol. The van der Waals surface area contributed by atoms with Crippen LogP contribution in [0.25, 0.3) is 22.3 Å². The van der Waals surface area contributed by atoms with Crippen LogP contribution in [0.15, 0.2) is 79.5 Å². The van der Waals surface area contributed by atoms with E-state index in [9.17, 15) is 19.2 Å². The average Bonchev–Trinajstić information content (AvgIpc) is 2.99. The highest BCUT2D eigenvalue weighted by Crippen LogP contribution is 2.24. The standard InChI is InChI=1S/C27H26N4O6.C2H2O4/c1-28-24(16-25(33)29(2)27(28)35)31-11-10-30(17-26(31)34)12-13-36-19-8-9-22-20(14-19)21(32)15-23(37-22)18-6-4-3-5-7-18;3-1(4)2(5)6/h3-9,14-16H,10-13,17H2,1-2H3;(H,3,4)(H,5,6). The van der Waals surface area contributed by atoms with E-state index in [0.29, 0.717) is 54.5 Å². The lowest BCUT2D eigenvalue weighted by Gasteiger charge is -2.34.